The molecule has 0 bridgehead atoms. The lowest BCUT2D eigenvalue weighted by atomic mass is 9.94. The maximum atomic E-state index is 11.5. The number of hydrogen-bond acceptors (Lipinski definition) is 4. The first kappa shape index (κ1) is 13.7. The van der Waals surface area contributed by atoms with Gasteiger partial charge in [-0.2, -0.15) is 5.26 Å². The maximum absolute atomic E-state index is 11.5. The van der Waals surface area contributed by atoms with Crippen molar-refractivity contribution in [1.82, 2.24) is 5.32 Å². The van der Waals surface area contributed by atoms with Crippen molar-refractivity contribution in [2.45, 2.75) is 11.2 Å². The van der Waals surface area contributed by atoms with Crippen LogP contribution in [-0.2, 0) is 4.79 Å². The maximum Gasteiger partial charge on any atom is 0.229 e. The molecule has 2 atom stereocenters. The number of aliphatic imine (C=N–C) groups is 2. The molecule has 0 radical (unpaired) electrons. The van der Waals surface area contributed by atoms with Crippen LogP contribution in [0.5, 0.6) is 0 Å². The molecule has 1 aromatic rings. The number of hydrogen-bond donors (Lipinski definition) is 1. The molecule has 2 unspecified atom stereocenters. The number of carbonyl (C=O) groups excluding carboxylic acids is 1. The lowest BCUT2D eigenvalue weighted by molar-refractivity contribution is -0.118. The summed E-state index contributed by atoms with van der Waals surface area (Å²) in [6.07, 6.45) is 3.91. The van der Waals surface area contributed by atoms with Crippen molar-refractivity contribution in [3.8, 4) is 6.07 Å². The molecule has 0 aromatic heterocycles. The normalized spacial score (nSPS) is 24.1. The summed E-state index contributed by atoms with van der Waals surface area (Å²) >= 11 is 3.55. The minimum Gasteiger partial charge on any atom is -0.310 e. The molecular weight excluding hydrogens is 332 g/mol. The van der Waals surface area contributed by atoms with E-state index in [1.165, 1.54) is 0 Å². The van der Waals surface area contributed by atoms with Crippen LogP contribution >= 0.6 is 15.9 Å². The van der Waals surface area contributed by atoms with Gasteiger partial charge in [0.1, 0.15) is 5.82 Å². The standard InChI is InChI=1S/C15H11BrN4O/c16-13-8-19-15-11(5-14(21)20-15)12(13)7-18-10-3-1-2-9(4-10)6-17/h1-4,7-8,12-13H,5H2,(H,20,21). The van der Waals surface area contributed by atoms with Gasteiger partial charge in [-0.25, -0.2) is 4.99 Å². The number of carbonyl (C=O) groups is 1. The number of alkyl halides is 1. The van der Waals surface area contributed by atoms with Crippen LogP contribution in [0.25, 0.3) is 0 Å². The zero-order chi connectivity index (χ0) is 14.8. The van der Waals surface area contributed by atoms with Crippen molar-refractivity contribution < 1.29 is 4.79 Å². The fourth-order valence-electron chi connectivity index (χ4n) is 2.33. The summed E-state index contributed by atoms with van der Waals surface area (Å²) < 4.78 is 0. The molecule has 2 aliphatic rings. The second kappa shape index (κ2) is 5.62. The first-order valence-corrected chi connectivity index (χ1v) is 7.34. The van der Waals surface area contributed by atoms with Gasteiger partial charge >= 0.3 is 0 Å². The summed E-state index contributed by atoms with van der Waals surface area (Å²) in [5, 5.41) is 11.6. The molecule has 0 saturated heterocycles. The minimum atomic E-state index is -0.0383. The number of amides is 1. The van der Waals surface area contributed by atoms with Crippen LogP contribution in [0.4, 0.5) is 5.69 Å². The Kier molecular flexibility index (Phi) is 3.67. The third kappa shape index (κ3) is 2.78. The highest BCUT2D eigenvalue weighted by molar-refractivity contribution is 9.10. The van der Waals surface area contributed by atoms with Gasteiger partial charge in [-0.15, -0.1) is 0 Å². The summed E-state index contributed by atoms with van der Waals surface area (Å²) in [5.41, 5.74) is 2.24. The molecule has 3 rings (SSSR count). The van der Waals surface area contributed by atoms with Crippen LogP contribution in [0.15, 0.2) is 45.6 Å². The Bertz CT molecular complexity index is 729. The van der Waals surface area contributed by atoms with Gasteiger partial charge in [0.15, 0.2) is 0 Å². The zero-order valence-corrected chi connectivity index (χ0v) is 12.5. The third-order valence-corrected chi connectivity index (χ3v) is 4.17. The molecule has 104 valence electrons. The van der Waals surface area contributed by atoms with Gasteiger partial charge < -0.3 is 5.32 Å². The summed E-state index contributed by atoms with van der Waals surface area (Å²) in [7, 11) is 0. The van der Waals surface area contributed by atoms with Gasteiger partial charge in [0.05, 0.1) is 28.6 Å². The van der Waals surface area contributed by atoms with Crippen molar-refractivity contribution >= 4 is 40.0 Å². The average molecular weight is 343 g/mol. The van der Waals surface area contributed by atoms with E-state index in [0.717, 1.165) is 11.3 Å². The van der Waals surface area contributed by atoms with Gasteiger partial charge in [0.2, 0.25) is 5.91 Å². The van der Waals surface area contributed by atoms with Crippen LogP contribution in [0.1, 0.15) is 12.0 Å². The van der Waals surface area contributed by atoms with E-state index in [2.05, 4.69) is 37.3 Å². The predicted octanol–water partition coefficient (Wildman–Crippen LogP) is 2.46. The van der Waals surface area contributed by atoms with Crippen molar-refractivity contribution in [2.24, 2.45) is 15.9 Å². The van der Waals surface area contributed by atoms with Gasteiger partial charge in [0, 0.05) is 18.3 Å². The molecule has 0 saturated carbocycles. The first-order valence-electron chi connectivity index (χ1n) is 6.43. The Balaban J connectivity index is 1.86. The van der Waals surface area contributed by atoms with Crippen LogP contribution in [0, 0.1) is 17.2 Å². The Morgan fingerprint density at radius 2 is 2.38 bits per heavy atom. The predicted molar refractivity (Wildman–Crippen MR) is 83.8 cm³/mol. The van der Waals surface area contributed by atoms with Crippen molar-refractivity contribution in [3.05, 3.63) is 41.2 Å². The van der Waals surface area contributed by atoms with E-state index in [4.69, 9.17) is 5.26 Å². The van der Waals surface area contributed by atoms with Crippen LogP contribution in [0.2, 0.25) is 0 Å². The van der Waals surface area contributed by atoms with E-state index < -0.39 is 0 Å². The number of nitrogens with one attached hydrogen (secondary N) is 1. The highest BCUT2D eigenvalue weighted by atomic mass is 79.9. The third-order valence-electron chi connectivity index (χ3n) is 3.36. The smallest absolute Gasteiger partial charge is 0.229 e. The quantitative estimate of drug-likeness (QED) is 0.661. The second-order valence-electron chi connectivity index (χ2n) is 4.79. The van der Waals surface area contributed by atoms with Crippen LogP contribution in [0.3, 0.4) is 0 Å². The van der Waals surface area contributed by atoms with E-state index in [1.807, 2.05) is 6.07 Å². The van der Waals surface area contributed by atoms with E-state index in [-0.39, 0.29) is 16.7 Å². The molecule has 2 heterocycles. The zero-order valence-electron chi connectivity index (χ0n) is 11.0. The summed E-state index contributed by atoms with van der Waals surface area (Å²) in [6.45, 7) is 0. The lowest BCUT2D eigenvalue weighted by Crippen LogP contribution is -2.24. The molecule has 1 aromatic carbocycles. The molecule has 0 aliphatic carbocycles. The fourth-order valence-corrected chi connectivity index (χ4v) is 2.90. The Hall–Kier alpha value is -2.26. The number of benzene rings is 1. The fraction of sp³-hybridized carbons (Fsp3) is 0.200. The molecule has 1 N–H and O–H groups in total. The second-order valence-corrected chi connectivity index (χ2v) is 5.84. The van der Waals surface area contributed by atoms with Crippen molar-refractivity contribution in [3.63, 3.8) is 0 Å². The largest absolute Gasteiger partial charge is 0.310 e. The average Bonchev–Trinajstić information content (AvgIpc) is 2.87. The molecule has 21 heavy (non-hydrogen) atoms. The van der Waals surface area contributed by atoms with Gasteiger partial charge in [0.25, 0.3) is 0 Å². The van der Waals surface area contributed by atoms with E-state index in [1.54, 1.807) is 30.6 Å². The summed E-state index contributed by atoms with van der Waals surface area (Å²) in [6, 6.07) is 9.18. The number of nitriles is 1. The van der Waals surface area contributed by atoms with Crippen LogP contribution < -0.4 is 5.32 Å². The van der Waals surface area contributed by atoms with Gasteiger partial charge in [-0.05, 0) is 23.8 Å². The molecule has 1 amide bonds. The van der Waals surface area contributed by atoms with E-state index >= 15 is 0 Å². The lowest BCUT2D eigenvalue weighted by Gasteiger charge is -2.20. The Labute approximate surface area is 130 Å². The summed E-state index contributed by atoms with van der Waals surface area (Å²) in [4.78, 5) is 20.2. The highest BCUT2D eigenvalue weighted by Crippen LogP contribution is 2.32. The van der Waals surface area contributed by atoms with Crippen LogP contribution in [-0.4, -0.2) is 23.2 Å². The Morgan fingerprint density at radius 3 is 3.19 bits per heavy atom. The molecule has 5 nitrogen and oxygen atoms in total. The number of halogens is 1. The van der Waals surface area contributed by atoms with E-state index in [0.29, 0.717) is 17.8 Å². The first-order chi connectivity index (χ1) is 10.2. The number of rotatable bonds is 2. The van der Waals surface area contributed by atoms with Crippen molar-refractivity contribution in [2.75, 3.05) is 0 Å². The van der Waals surface area contributed by atoms with E-state index in [9.17, 15) is 4.79 Å². The molecular formula is C15H11BrN4O. The monoisotopic (exact) mass is 342 g/mol. The van der Waals surface area contributed by atoms with Crippen molar-refractivity contribution in [1.29, 1.82) is 5.26 Å². The Morgan fingerprint density at radius 1 is 1.52 bits per heavy atom. The molecule has 2 aliphatic heterocycles. The van der Waals surface area contributed by atoms with Gasteiger partial charge in [-0.1, -0.05) is 22.0 Å². The highest BCUT2D eigenvalue weighted by Gasteiger charge is 2.32. The molecule has 0 spiro atoms. The number of nitrogens with zero attached hydrogens (tertiary/aromatic N) is 3. The SMILES string of the molecule is N#Cc1cccc(N=CC2C3=C(N=CC2Br)NC(=O)C3)c1. The minimum absolute atomic E-state index is 0.00634. The molecule has 6 heteroatoms. The molecule has 0 fully saturated rings. The summed E-state index contributed by atoms with van der Waals surface area (Å²) in [5.74, 6) is 0.573. The van der Waals surface area contributed by atoms with Gasteiger partial charge in [-0.3, -0.25) is 9.79 Å². The topological polar surface area (TPSA) is 77.6 Å².